The van der Waals surface area contributed by atoms with Crippen molar-refractivity contribution in [2.45, 2.75) is 26.2 Å². The first-order valence-electron chi connectivity index (χ1n) is 5.41. The van der Waals surface area contributed by atoms with Crippen LogP contribution >= 0.6 is 0 Å². The van der Waals surface area contributed by atoms with Crippen LogP contribution in [-0.4, -0.2) is 20.5 Å². The first-order valence-corrected chi connectivity index (χ1v) is 5.41. The van der Waals surface area contributed by atoms with E-state index in [9.17, 15) is 4.79 Å². The number of carboxylic acids is 1. The highest BCUT2D eigenvalue weighted by Crippen LogP contribution is 2.11. The zero-order valence-corrected chi connectivity index (χ0v) is 9.18. The van der Waals surface area contributed by atoms with Crippen molar-refractivity contribution in [1.82, 2.24) is 9.38 Å². The molecule has 0 atom stereocenters. The van der Waals surface area contributed by atoms with Gasteiger partial charge in [-0.1, -0.05) is 19.4 Å². The lowest BCUT2D eigenvalue weighted by atomic mass is 10.1. The van der Waals surface area contributed by atoms with Gasteiger partial charge in [-0.2, -0.15) is 0 Å². The highest BCUT2D eigenvalue weighted by molar-refractivity contribution is 5.86. The second-order valence-corrected chi connectivity index (χ2v) is 3.82. The van der Waals surface area contributed by atoms with Crippen LogP contribution in [-0.2, 0) is 6.42 Å². The standard InChI is InChI=1S/C12H14N2O2/c1-2-3-4-9-5-6-11-13-7-10(12(15)16)14(11)8-9/h5-8H,2-4H2,1H3,(H,15,16). The van der Waals surface area contributed by atoms with Crippen molar-refractivity contribution in [1.29, 1.82) is 0 Å². The van der Waals surface area contributed by atoms with E-state index < -0.39 is 5.97 Å². The molecule has 2 rings (SSSR count). The van der Waals surface area contributed by atoms with Gasteiger partial charge in [0.25, 0.3) is 0 Å². The number of nitrogens with zero attached hydrogens (tertiary/aromatic N) is 2. The number of carbonyl (C=O) groups is 1. The summed E-state index contributed by atoms with van der Waals surface area (Å²) in [5.41, 5.74) is 2.04. The molecule has 4 nitrogen and oxygen atoms in total. The quantitative estimate of drug-likeness (QED) is 0.857. The number of aryl methyl sites for hydroxylation is 1. The molecule has 84 valence electrons. The molecule has 2 aromatic rings. The van der Waals surface area contributed by atoms with Crippen LogP contribution in [0.4, 0.5) is 0 Å². The van der Waals surface area contributed by atoms with E-state index in [1.807, 2.05) is 18.3 Å². The number of fused-ring (bicyclic) bond motifs is 1. The molecule has 0 aliphatic carbocycles. The van der Waals surface area contributed by atoms with Crippen LogP contribution in [0.1, 0.15) is 35.8 Å². The number of imidazole rings is 1. The molecule has 2 aromatic heterocycles. The average molecular weight is 218 g/mol. The number of unbranched alkanes of at least 4 members (excludes halogenated alkanes) is 1. The second kappa shape index (κ2) is 4.35. The number of aromatic nitrogens is 2. The molecule has 0 bridgehead atoms. The summed E-state index contributed by atoms with van der Waals surface area (Å²) in [5, 5.41) is 8.98. The minimum Gasteiger partial charge on any atom is -0.477 e. The lowest BCUT2D eigenvalue weighted by Crippen LogP contribution is -2.02. The molecule has 0 aliphatic rings. The minimum absolute atomic E-state index is 0.216. The van der Waals surface area contributed by atoms with Gasteiger partial charge in [0.15, 0.2) is 5.69 Å². The van der Waals surface area contributed by atoms with E-state index in [2.05, 4.69) is 11.9 Å². The van der Waals surface area contributed by atoms with Gasteiger partial charge in [-0.3, -0.25) is 4.40 Å². The number of rotatable bonds is 4. The molecular formula is C12H14N2O2. The fraction of sp³-hybridized carbons (Fsp3) is 0.333. The normalized spacial score (nSPS) is 10.8. The van der Waals surface area contributed by atoms with Crippen LogP contribution in [0.2, 0.25) is 0 Å². The number of carboxylic acid groups (broad SMARTS) is 1. The van der Waals surface area contributed by atoms with Gasteiger partial charge in [-0.15, -0.1) is 0 Å². The fourth-order valence-electron chi connectivity index (χ4n) is 1.71. The predicted octanol–water partition coefficient (Wildman–Crippen LogP) is 2.38. The van der Waals surface area contributed by atoms with Crippen molar-refractivity contribution >= 4 is 11.6 Å². The maximum Gasteiger partial charge on any atom is 0.354 e. The van der Waals surface area contributed by atoms with Crippen molar-refractivity contribution in [3.63, 3.8) is 0 Å². The number of pyridine rings is 1. The number of hydrogen-bond donors (Lipinski definition) is 1. The van der Waals surface area contributed by atoms with Gasteiger partial charge in [0, 0.05) is 6.20 Å². The first kappa shape index (κ1) is 10.7. The average Bonchev–Trinajstić information content (AvgIpc) is 2.69. The van der Waals surface area contributed by atoms with Crippen molar-refractivity contribution < 1.29 is 9.90 Å². The zero-order valence-electron chi connectivity index (χ0n) is 9.18. The largest absolute Gasteiger partial charge is 0.477 e. The SMILES string of the molecule is CCCCc1ccc2ncc(C(=O)O)n2c1. The number of hydrogen-bond acceptors (Lipinski definition) is 2. The summed E-state index contributed by atoms with van der Waals surface area (Å²) >= 11 is 0. The molecule has 1 N–H and O–H groups in total. The van der Waals surface area contributed by atoms with Gasteiger partial charge in [0.2, 0.25) is 0 Å². The summed E-state index contributed by atoms with van der Waals surface area (Å²) in [6, 6.07) is 3.86. The van der Waals surface area contributed by atoms with Crippen LogP contribution in [0.3, 0.4) is 0 Å². The van der Waals surface area contributed by atoms with Crippen LogP contribution < -0.4 is 0 Å². The molecule has 0 spiro atoms. The summed E-state index contributed by atoms with van der Waals surface area (Å²) in [5.74, 6) is -0.944. The third-order valence-electron chi connectivity index (χ3n) is 2.60. The zero-order chi connectivity index (χ0) is 11.5. The Morgan fingerprint density at radius 2 is 2.31 bits per heavy atom. The summed E-state index contributed by atoms with van der Waals surface area (Å²) in [7, 11) is 0. The monoisotopic (exact) mass is 218 g/mol. The fourth-order valence-corrected chi connectivity index (χ4v) is 1.71. The Morgan fingerprint density at radius 1 is 1.50 bits per heavy atom. The number of aromatic carboxylic acids is 1. The predicted molar refractivity (Wildman–Crippen MR) is 60.8 cm³/mol. The van der Waals surface area contributed by atoms with Gasteiger partial charge < -0.3 is 5.11 Å². The second-order valence-electron chi connectivity index (χ2n) is 3.82. The Hall–Kier alpha value is -1.84. The molecule has 0 radical (unpaired) electrons. The van der Waals surface area contributed by atoms with Crippen LogP contribution in [0.25, 0.3) is 5.65 Å². The molecule has 0 unspecified atom stereocenters. The molecule has 0 saturated heterocycles. The van der Waals surface area contributed by atoms with Gasteiger partial charge in [-0.25, -0.2) is 9.78 Å². The van der Waals surface area contributed by atoms with E-state index in [1.54, 1.807) is 4.40 Å². The Labute approximate surface area is 93.5 Å². The lowest BCUT2D eigenvalue weighted by molar-refractivity contribution is 0.0689. The highest BCUT2D eigenvalue weighted by atomic mass is 16.4. The van der Waals surface area contributed by atoms with Crippen LogP contribution in [0, 0.1) is 0 Å². The van der Waals surface area contributed by atoms with Crippen molar-refractivity contribution in [2.24, 2.45) is 0 Å². The molecule has 0 saturated carbocycles. The molecule has 4 heteroatoms. The van der Waals surface area contributed by atoms with Crippen LogP contribution in [0.5, 0.6) is 0 Å². The highest BCUT2D eigenvalue weighted by Gasteiger charge is 2.09. The maximum absolute atomic E-state index is 10.9. The third-order valence-corrected chi connectivity index (χ3v) is 2.60. The molecule has 0 aliphatic heterocycles. The summed E-state index contributed by atoms with van der Waals surface area (Å²) in [6.45, 7) is 2.14. The van der Waals surface area contributed by atoms with Gasteiger partial charge in [0.05, 0.1) is 6.20 Å². The van der Waals surface area contributed by atoms with E-state index in [0.29, 0.717) is 5.65 Å². The summed E-state index contributed by atoms with van der Waals surface area (Å²) in [6.07, 6.45) is 6.47. The van der Waals surface area contributed by atoms with Crippen molar-refractivity contribution in [3.05, 3.63) is 35.8 Å². The van der Waals surface area contributed by atoms with E-state index in [-0.39, 0.29) is 5.69 Å². The minimum atomic E-state index is -0.944. The molecule has 2 heterocycles. The first-order chi connectivity index (χ1) is 7.72. The Kier molecular flexibility index (Phi) is 2.90. The molecule has 0 aromatic carbocycles. The third kappa shape index (κ3) is 1.91. The van der Waals surface area contributed by atoms with E-state index >= 15 is 0 Å². The smallest absolute Gasteiger partial charge is 0.354 e. The Bertz CT molecular complexity index is 517. The Balaban J connectivity index is 2.42. The molecule has 0 fully saturated rings. The van der Waals surface area contributed by atoms with Gasteiger partial charge in [-0.05, 0) is 24.5 Å². The summed E-state index contributed by atoms with van der Waals surface area (Å²) < 4.78 is 1.63. The molecule has 16 heavy (non-hydrogen) atoms. The van der Waals surface area contributed by atoms with Crippen molar-refractivity contribution in [3.8, 4) is 0 Å². The Morgan fingerprint density at radius 3 is 3.00 bits per heavy atom. The van der Waals surface area contributed by atoms with E-state index in [0.717, 1.165) is 24.8 Å². The lowest BCUT2D eigenvalue weighted by Gasteiger charge is -2.02. The van der Waals surface area contributed by atoms with Gasteiger partial charge in [0.1, 0.15) is 5.65 Å². The van der Waals surface area contributed by atoms with E-state index in [1.165, 1.54) is 6.20 Å². The van der Waals surface area contributed by atoms with Gasteiger partial charge >= 0.3 is 5.97 Å². The topological polar surface area (TPSA) is 54.6 Å². The van der Waals surface area contributed by atoms with Crippen LogP contribution in [0.15, 0.2) is 24.5 Å². The maximum atomic E-state index is 10.9. The molecule has 0 amide bonds. The van der Waals surface area contributed by atoms with Crippen molar-refractivity contribution in [2.75, 3.05) is 0 Å². The molecular weight excluding hydrogens is 204 g/mol. The van der Waals surface area contributed by atoms with E-state index in [4.69, 9.17) is 5.11 Å². The summed E-state index contributed by atoms with van der Waals surface area (Å²) in [4.78, 5) is 15.0.